The SMILES string of the molecule is CC(C)(C)OC(=O)NC1(c2ccc(-n3c(-c4cccnc4N)nc4ccc(-c5cccc(N6CCSCC6)c5)nc43)cc2)CCC1. The summed E-state index contributed by atoms with van der Waals surface area (Å²) in [4.78, 5) is 29.8. The number of carbonyl (C=O) groups excluding carboxylic acids is 1. The number of benzene rings is 2. The predicted molar refractivity (Wildman–Crippen MR) is 186 cm³/mol. The monoisotopic (exact) mass is 633 g/mol. The molecule has 0 unspecified atom stereocenters. The molecule has 0 spiro atoms. The van der Waals surface area contributed by atoms with E-state index in [4.69, 9.17) is 20.4 Å². The molecule has 0 bridgehead atoms. The number of imidazole rings is 1. The van der Waals surface area contributed by atoms with Gasteiger partial charge in [-0.2, -0.15) is 11.8 Å². The van der Waals surface area contributed by atoms with Gasteiger partial charge in [0.15, 0.2) is 11.5 Å². The second kappa shape index (κ2) is 12.0. The quantitative estimate of drug-likeness (QED) is 0.202. The van der Waals surface area contributed by atoms with Crippen LogP contribution in [0.4, 0.5) is 16.3 Å². The van der Waals surface area contributed by atoms with Gasteiger partial charge in [0.2, 0.25) is 0 Å². The van der Waals surface area contributed by atoms with Crippen molar-refractivity contribution in [1.82, 2.24) is 24.8 Å². The molecular weight excluding hydrogens is 595 g/mol. The Balaban J connectivity index is 1.29. The van der Waals surface area contributed by atoms with E-state index in [1.807, 2.05) is 56.8 Å². The Hall–Kier alpha value is -4.57. The van der Waals surface area contributed by atoms with Crippen molar-refractivity contribution in [2.75, 3.05) is 35.2 Å². The molecule has 1 amide bonds. The Morgan fingerprint density at radius 2 is 1.74 bits per heavy atom. The van der Waals surface area contributed by atoms with Gasteiger partial charge < -0.3 is 20.7 Å². The number of aromatic nitrogens is 4. The Bertz CT molecular complexity index is 1890. The van der Waals surface area contributed by atoms with Gasteiger partial charge in [-0.25, -0.2) is 19.7 Å². The van der Waals surface area contributed by atoms with Gasteiger partial charge in [0.05, 0.1) is 16.8 Å². The van der Waals surface area contributed by atoms with Crippen molar-refractivity contribution in [1.29, 1.82) is 0 Å². The van der Waals surface area contributed by atoms with Crippen LogP contribution in [0.25, 0.3) is 39.5 Å². The molecule has 4 heterocycles. The molecule has 9 nitrogen and oxygen atoms in total. The standard InChI is InChI=1S/C36H39N7O2S/c1-35(2,3)45-34(44)41-36(16-6-17-36)25-10-12-26(13-11-25)43-32(28-9-5-18-38-31(28)37)40-30-15-14-29(39-33(30)43)24-7-4-8-27(23-24)42-19-21-46-22-20-42/h4-5,7-15,18,23H,6,16-17,19-22H2,1-3H3,(H2,37,38)(H,41,44). The fraction of sp³-hybridized carbons (Fsp3) is 0.333. The zero-order valence-electron chi connectivity index (χ0n) is 26.5. The molecule has 3 aromatic heterocycles. The summed E-state index contributed by atoms with van der Waals surface area (Å²) in [6.45, 7) is 7.73. The van der Waals surface area contributed by atoms with Gasteiger partial charge in [0.25, 0.3) is 0 Å². The maximum absolute atomic E-state index is 12.8. The van der Waals surface area contributed by atoms with Crippen LogP contribution in [0.2, 0.25) is 0 Å². The van der Waals surface area contributed by atoms with E-state index in [0.717, 1.165) is 83.1 Å². The van der Waals surface area contributed by atoms with E-state index in [-0.39, 0.29) is 0 Å². The highest BCUT2D eigenvalue weighted by Gasteiger charge is 2.41. The molecule has 0 atom stereocenters. The Morgan fingerprint density at radius 1 is 0.957 bits per heavy atom. The lowest BCUT2D eigenvalue weighted by Crippen LogP contribution is -2.52. The Kier molecular flexibility index (Phi) is 7.84. The van der Waals surface area contributed by atoms with Gasteiger partial charge in [-0.1, -0.05) is 24.3 Å². The van der Waals surface area contributed by atoms with Crippen LogP contribution < -0.4 is 16.0 Å². The number of alkyl carbamates (subject to hydrolysis) is 1. The molecule has 2 fully saturated rings. The largest absolute Gasteiger partial charge is 0.444 e. The van der Waals surface area contributed by atoms with Crippen molar-refractivity contribution >= 4 is 40.5 Å². The summed E-state index contributed by atoms with van der Waals surface area (Å²) in [5, 5.41) is 3.16. The molecule has 1 aliphatic heterocycles. The van der Waals surface area contributed by atoms with E-state index < -0.39 is 17.2 Å². The van der Waals surface area contributed by atoms with E-state index in [0.29, 0.717) is 11.6 Å². The van der Waals surface area contributed by atoms with Crippen LogP contribution in [0.1, 0.15) is 45.6 Å². The lowest BCUT2D eigenvalue weighted by molar-refractivity contribution is 0.0377. The number of nitrogen functional groups attached to an aromatic ring is 1. The van der Waals surface area contributed by atoms with Crippen molar-refractivity contribution in [3.8, 4) is 28.3 Å². The zero-order valence-corrected chi connectivity index (χ0v) is 27.3. The highest BCUT2D eigenvalue weighted by Crippen LogP contribution is 2.42. The second-order valence-corrected chi connectivity index (χ2v) is 14.2. The van der Waals surface area contributed by atoms with Crippen molar-refractivity contribution < 1.29 is 9.53 Å². The van der Waals surface area contributed by atoms with Crippen molar-refractivity contribution in [3.05, 3.63) is 84.6 Å². The maximum Gasteiger partial charge on any atom is 0.408 e. The molecule has 2 aliphatic rings. The Morgan fingerprint density at radius 3 is 2.43 bits per heavy atom. The minimum absolute atomic E-state index is 0.397. The number of nitrogens with zero attached hydrogens (tertiary/aromatic N) is 5. The minimum atomic E-state index is -0.564. The van der Waals surface area contributed by atoms with Gasteiger partial charge in [-0.3, -0.25) is 4.57 Å². The number of hydrogen-bond donors (Lipinski definition) is 2. The average Bonchev–Trinajstić information content (AvgIpc) is 3.41. The van der Waals surface area contributed by atoms with Gasteiger partial charge in [-0.15, -0.1) is 0 Å². The molecule has 0 radical (unpaired) electrons. The number of hydrogen-bond acceptors (Lipinski definition) is 8. The van der Waals surface area contributed by atoms with Crippen LogP contribution in [-0.4, -0.2) is 55.8 Å². The molecule has 5 aromatic rings. The molecule has 1 saturated carbocycles. The first-order valence-corrected chi connectivity index (χ1v) is 17.0. The average molecular weight is 634 g/mol. The Labute approximate surface area is 273 Å². The first-order valence-electron chi connectivity index (χ1n) is 15.8. The van der Waals surface area contributed by atoms with Crippen LogP contribution in [0.5, 0.6) is 0 Å². The summed E-state index contributed by atoms with van der Waals surface area (Å²) in [6.07, 6.45) is 4.04. The third-order valence-electron chi connectivity index (χ3n) is 8.73. The lowest BCUT2D eigenvalue weighted by atomic mass is 9.72. The number of amides is 1. The number of fused-ring (bicyclic) bond motifs is 1. The molecule has 3 N–H and O–H groups in total. The number of ether oxygens (including phenoxy) is 1. The maximum atomic E-state index is 12.8. The number of anilines is 2. The van der Waals surface area contributed by atoms with Crippen molar-refractivity contribution in [2.45, 2.75) is 51.2 Å². The van der Waals surface area contributed by atoms with Crippen LogP contribution in [-0.2, 0) is 10.3 Å². The third-order valence-corrected chi connectivity index (χ3v) is 9.67. The lowest BCUT2D eigenvalue weighted by Gasteiger charge is -2.43. The fourth-order valence-corrected chi connectivity index (χ4v) is 7.18. The topological polar surface area (TPSA) is 111 Å². The number of thioether (sulfide) groups is 1. The summed E-state index contributed by atoms with van der Waals surface area (Å²) in [6, 6.07) is 24.8. The second-order valence-electron chi connectivity index (χ2n) is 13.0. The van der Waals surface area contributed by atoms with E-state index in [2.05, 4.69) is 68.3 Å². The van der Waals surface area contributed by atoms with Gasteiger partial charge in [0, 0.05) is 47.7 Å². The number of pyridine rings is 2. The highest BCUT2D eigenvalue weighted by molar-refractivity contribution is 7.99. The van der Waals surface area contributed by atoms with Gasteiger partial charge in [0.1, 0.15) is 16.9 Å². The number of nitrogens with two attached hydrogens (primary N) is 1. The molecular formula is C36H39N7O2S. The van der Waals surface area contributed by atoms with Crippen LogP contribution in [0.3, 0.4) is 0 Å². The van der Waals surface area contributed by atoms with Gasteiger partial charge in [-0.05, 0) is 94.1 Å². The molecule has 2 aromatic carbocycles. The predicted octanol–water partition coefficient (Wildman–Crippen LogP) is 7.19. The van der Waals surface area contributed by atoms with Crippen molar-refractivity contribution in [3.63, 3.8) is 0 Å². The first kappa shape index (κ1) is 30.1. The first-order chi connectivity index (χ1) is 22.2. The van der Waals surface area contributed by atoms with Crippen molar-refractivity contribution in [2.24, 2.45) is 0 Å². The third kappa shape index (κ3) is 5.89. The zero-order chi connectivity index (χ0) is 31.9. The molecule has 10 heteroatoms. The summed E-state index contributed by atoms with van der Waals surface area (Å²) >= 11 is 2.01. The molecule has 1 saturated heterocycles. The molecule has 46 heavy (non-hydrogen) atoms. The van der Waals surface area contributed by atoms with Gasteiger partial charge >= 0.3 is 6.09 Å². The summed E-state index contributed by atoms with van der Waals surface area (Å²) in [5.74, 6) is 3.36. The summed E-state index contributed by atoms with van der Waals surface area (Å²) in [7, 11) is 0. The highest BCUT2D eigenvalue weighted by atomic mass is 32.2. The van der Waals surface area contributed by atoms with E-state index in [1.54, 1.807) is 6.20 Å². The van der Waals surface area contributed by atoms with Crippen LogP contribution >= 0.6 is 11.8 Å². The van der Waals surface area contributed by atoms with Crippen LogP contribution in [0.15, 0.2) is 79.0 Å². The number of carbonyl (C=O) groups is 1. The molecule has 236 valence electrons. The molecule has 7 rings (SSSR count). The van der Waals surface area contributed by atoms with E-state index in [1.165, 1.54) is 5.69 Å². The number of rotatable bonds is 6. The summed E-state index contributed by atoms with van der Waals surface area (Å²) in [5.41, 5.74) is 12.7. The normalized spacial score (nSPS) is 16.2. The van der Waals surface area contributed by atoms with E-state index >= 15 is 0 Å². The number of nitrogens with one attached hydrogen (secondary N) is 1. The molecule has 1 aliphatic carbocycles. The minimum Gasteiger partial charge on any atom is -0.444 e. The fourth-order valence-electron chi connectivity index (χ4n) is 6.28. The van der Waals surface area contributed by atoms with Crippen LogP contribution in [0, 0.1) is 0 Å². The summed E-state index contributed by atoms with van der Waals surface area (Å²) < 4.78 is 7.65. The smallest absolute Gasteiger partial charge is 0.408 e. The van der Waals surface area contributed by atoms with E-state index in [9.17, 15) is 4.79 Å².